The molecule has 0 aromatic carbocycles. The van der Waals surface area contributed by atoms with Crippen LogP contribution in [0, 0.1) is 0 Å². The molecule has 0 aromatic rings. The number of Topliss-reactive ketones (excluding diaryl/α,β-unsaturated/α-hetero) is 1. The number of nitrogens with zero attached hydrogens (tertiary/aromatic N) is 2. The normalized spacial score (nSPS) is 24.6. The Morgan fingerprint density at radius 1 is 0.708 bits per heavy atom. The second-order valence-corrected chi connectivity index (χ2v) is 5.86. The van der Waals surface area contributed by atoms with Gasteiger partial charge < -0.3 is 10.6 Å². The monoisotopic (exact) mass is 362 g/mol. The van der Waals surface area contributed by atoms with E-state index in [2.05, 4.69) is 10.6 Å². The van der Waals surface area contributed by atoms with E-state index in [1.54, 1.807) is 0 Å². The lowest BCUT2D eigenvalue weighted by Crippen LogP contribution is -2.65. The molecule has 2 aliphatic rings. The van der Waals surface area contributed by atoms with Gasteiger partial charge in [0, 0.05) is 52.4 Å². The minimum atomic E-state index is -5.05. The van der Waals surface area contributed by atoms with Crippen molar-refractivity contribution in [1.29, 1.82) is 0 Å². The lowest BCUT2D eigenvalue weighted by Gasteiger charge is -2.40. The fraction of sp³-hybridized carbons (Fsp3) is 0.923. The van der Waals surface area contributed by atoms with E-state index in [0.29, 0.717) is 0 Å². The van der Waals surface area contributed by atoms with E-state index in [4.69, 9.17) is 0 Å². The first-order valence-corrected chi connectivity index (χ1v) is 7.69. The number of carbonyl (C=O) groups excluding carboxylic acids is 1. The fourth-order valence-electron chi connectivity index (χ4n) is 3.13. The quantitative estimate of drug-likeness (QED) is 0.702. The first kappa shape index (κ1) is 19.4. The number of hydrogen-bond donors (Lipinski definition) is 2. The van der Waals surface area contributed by atoms with Gasteiger partial charge in [0.1, 0.15) is 0 Å². The predicted molar refractivity (Wildman–Crippen MR) is 73.6 cm³/mol. The van der Waals surface area contributed by atoms with Crippen LogP contribution < -0.4 is 10.6 Å². The Kier molecular flexibility index (Phi) is 6.10. The Morgan fingerprint density at radius 2 is 1.00 bits per heavy atom. The molecule has 0 spiro atoms. The largest absolute Gasteiger partial charge is 0.411 e. The maximum atomic E-state index is 13.4. The summed E-state index contributed by atoms with van der Waals surface area (Å²) in [6, 6.07) is -5.47. The molecule has 11 heteroatoms. The van der Waals surface area contributed by atoms with Gasteiger partial charge in [-0.05, 0) is 0 Å². The highest BCUT2D eigenvalue weighted by atomic mass is 19.4. The van der Waals surface area contributed by atoms with Crippen LogP contribution in [0.4, 0.5) is 26.3 Å². The zero-order chi connectivity index (χ0) is 18.0. The average Bonchev–Trinajstić information content (AvgIpc) is 2.46. The molecule has 24 heavy (non-hydrogen) atoms. The molecule has 2 fully saturated rings. The summed E-state index contributed by atoms with van der Waals surface area (Å²) in [5.41, 5.74) is 0. The van der Waals surface area contributed by atoms with Crippen LogP contribution in [0.3, 0.4) is 0 Å². The van der Waals surface area contributed by atoms with Crippen molar-refractivity contribution in [3.05, 3.63) is 0 Å². The van der Waals surface area contributed by atoms with Crippen LogP contribution in [0.25, 0.3) is 0 Å². The number of nitrogens with one attached hydrogen (secondary N) is 2. The lowest BCUT2D eigenvalue weighted by atomic mass is 9.99. The molecule has 2 atom stereocenters. The van der Waals surface area contributed by atoms with Gasteiger partial charge in [0.05, 0.1) is 0 Å². The third-order valence-corrected chi connectivity index (χ3v) is 4.19. The van der Waals surface area contributed by atoms with Crippen LogP contribution in [0.5, 0.6) is 0 Å². The van der Waals surface area contributed by atoms with E-state index in [1.807, 2.05) is 0 Å². The summed E-state index contributed by atoms with van der Waals surface area (Å²) in [5, 5.41) is 5.64. The highest BCUT2D eigenvalue weighted by Crippen LogP contribution is 2.33. The number of halogens is 6. The van der Waals surface area contributed by atoms with Gasteiger partial charge in [0.25, 0.3) is 0 Å². The highest BCUT2D eigenvalue weighted by molar-refractivity contribution is 5.90. The maximum Gasteiger partial charge on any atom is 0.411 e. The summed E-state index contributed by atoms with van der Waals surface area (Å²) in [5.74, 6) is -1.83. The summed E-state index contributed by atoms with van der Waals surface area (Å²) < 4.78 is 80.3. The molecule has 2 heterocycles. The maximum absolute atomic E-state index is 13.4. The molecule has 2 rings (SSSR count). The molecule has 0 aromatic heterocycles. The van der Waals surface area contributed by atoms with Gasteiger partial charge in [-0.1, -0.05) is 0 Å². The van der Waals surface area contributed by atoms with E-state index in [1.165, 1.54) is 0 Å². The summed E-state index contributed by atoms with van der Waals surface area (Å²) in [7, 11) is 0. The zero-order valence-corrected chi connectivity index (χ0v) is 12.9. The zero-order valence-electron chi connectivity index (χ0n) is 12.9. The molecular formula is C13H20F6N4O. The number of hydrogen-bond acceptors (Lipinski definition) is 5. The first-order chi connectivity index (χ1) is 11.1. The Hall–Kier alpha value is -0.910. The van der Waals surface area contributed by atoms with Crippen LogP contribution in [0.2, 0.25) is 0 Å². The molecule has 5 nitrogen and oxygen atoms in total. The van der Waals surface area contributed by atoms with Crippen molar-refractivity contribution in [2.24, 2.45) is 0 Å². The molecule has 0 radical (unpaired) electrons. The first-order valence-electron chi connectivity index (χ1n) is 7.69. The van der Waals surface area contributed by atoms with Crippen LogP contribution in [0.15, 0.2) is 0 Å². The van der Waals surface area contributed by atoms with Crippen molar-refractivity contribution >= 4 is 5.78 Å². The van der Waals surface area contributed by atoms with Crippen molar-refractivity contribution in [3.8, 4) is 0 Å². The summed E-state index contributed by atoms with van der Waals surface area (Å²) in [6.45, 7) is 0.302. The van der Waals surface area contributed by atoms with Gasteiger partial charge in [-0.3, -0.25) is 14.6 Å². The molecule has 2 N–H and O–H groups in total. The number of alkyl halides is 6. The minimum absolute atomic E-state index is 0.123. The summed E-state index contributed by atoms with van der Waals surface area (Å²) in [4.78, 5) is 14.0. The Balaban J connectivity index is 2.29. The van der Waals surface area contributed by atoms with Crippen molar-refractivity contribution in [2.75, 3.05) is 52.4 Å². The molecule has 140 valence electrons. The van der Waals surface area contributed by atoms with Gasteiger partial charge >= 0.3 is 12.4 Å². The Morgan fingerprint density at radius 3 is 1.25 bits per heavy atom. The predicted octanol–water partition coefficient (Wildman–Crippen LogP) is 0.228. The third kappa shape index (κ3) is 4.58. The second-order valence-electron chi connectivity index (χ2n) is 5.86. The van der Waals surface area contributed by atoms with E-state index in [-0.39, 0.29) is 52.4 Å². The second kappa shape index (κ2) is 7.54. The molecule has 0 saturated carbocycles. The van der Waals surface area contributed by atoms with Gasteiger partial charge in [0.2, 0.25) is 0 Å². The van der Waals surface area contributed by atoms with Gasteiger partial charge in [-0.2, -0.15) is 26.3 Å². The van der Waals surface area contributed by atoms with Crippen LogP contribution in [0.1, 0.15) is 0 Å². The summed E-state index contributed by atoms with van der Waals surface area (Å²) in [6.07, 6.45) is -10.1. The topological polar surface area (TPSA) is 47.6 Å². The molecule has 2 saturated heterocycles. The molecule has 0 aliphatic carbocycles. The number of rotatable bonds is 4. The van der Waals surface area contributed by atoms with Crippen LogP contribution in [-0.2, 0) is 4.79 Å². The number of piperazine rings is 2. The lowest BCUT2D eigenvalue weighted by molar-refractivity contribution is -0.214. The van der Waals surface area contributed by atoms with Crippen LogP contribution >= 0.6 is 0 Å². The van der Waals surface area contributed by atoms with Crippen molar-refractivity contribution < 1.29 is 31.1 Å². The molecule has 2 unspecified atom stereocenters. The standard InChI is InChI=1S/C13H20F6N4O/c14-12(15,16)10(22-5-1-20-2-6-22)9(24)11(13(17,18)19)23-7-3-21-4-8-23/h10-11,20-21H,1-8H2. The SMILES string of the molecule is O=C(C(N1CCNCC1)C(F)(F)F)C(N1CCNCC1)C(F)(F)F. The van der Waals surface area contributed by atoms with Gasteiger partial charge in [-0.15, -0.1) is 0 Å². The van der Waals surface area contributed by atoms with E-state index in [9.17, 15) is 31.1 Å². The Bertz CT molecular complexity index is 391. The van der Waals surface area contributed by atoms with Gasteiger partial charge in [-0.25, -0.2) is 0 Å². The highest BCUT2D eigenvalue weighted by Gasteiger charge is 2.58. The summed E-state index contributed by atoms with van der Waals surface area (Å²) >= 11 is 0. The van der Waals surface area contributed by atoms with Crippen molar-refractivity contribution in [2.45, 2.75) is 24.4 Å². The third-order valence-electron chi connectivity index (χ3n) is 4.19. The Labute approximate surface area is 135 Å². The van der Waals surface area contributed by atoms with E-state index >= 15 is 0 Å². The molecule has 0 bridgehead atoms. The van der Waals surface area contributed by atoms with E-state index < -0.39 is 30.2 Å². The average molecular weight is 362 g/mol. The molecule has 0 amide bonds. The number of ketones is 1. The van der Waals surface area contributed by atoms with E-state index in [0.717, 1.165) is 9.80 Å². The van der Waals surface area contributed by atoms with Gasteiger partial charge in [0.15, 0.2) is 17.9 Å². The molecule has 2 aliphatic heterocycles. The van der Waals surface area contributed by atoms with Crippen molar-refractivity contribution in [3.63, 3.8) is 0 Å². The fourth-order valence-corrected chi connectivity index (χ4v) is 3.13. The minimum Gasteiger partial charge on any atom is -0.314 e. The van der Waals surface area contributed by atoms with Crippen molar-refractivity contribution in [1.82, 2.24) is 20.4 Å². The number of carbonyl (C=O) groups is 1. The molecular weight excluding hydrogens is 342 g/mol. The smallest absolute Gasteiger partial charge is 0.314 e. The van der Waals surface area contributed by atoms with Crippen LogP contribution in [-0.4, -0.2) is 92.4 Å².